The van der Waals surface area contributed by atoms with E-state index < -0.39 is 54.8 Å². The quantitative estimate of drug-likeness (QED) is 0.365. The number of hydrogen-bond acceptors (Lipinski definition) is 7. The van der Waals surface area contributed by atoms with Crippen molar-refractivity contribution < 1.29 is 36.8 Å². The minimum absolute atomic E-state index is 0.0171. The average molecular weight is 561 g/mol. The van der Waals surface area contributed by atoms with E-state index in [1.54, 1.807) is 6.92 Å². The van der Waals surface area contributed by atoms with E-state index in [2.05, 4.69) is 26.1 Å². The van der Waals surface area contributed by atoms with Gasteiger partial charge in [-0.05, 0) is 48.7 Å². The van der Waals surface area contributed by atoms with E-state index in [4.69, 9.17) is 9.26 Å². The number of halogens is 3. The van der Waals surface area contributed by atoms with E-state index in [0.29, 0.717) is 11.1 Å². The molecular weight excluding hydrogens is 533 g/mol. The molecule has 40 heavy (non-hydrogen) atoms. The van der Waals surface area contributed by atoms with Crippen LogP contribution in [0.25, 0.3) is 0 Å². The minimum Gasteiger partial charge on any atom is -0.382 e. The Hall–Kier alpha value is -4.46. The number of urea groups is 1. The summed E-state index contributed by atoms with van der Waals surface area (Å²) in [4.78, 5) is 43.8. The first kappa shape index (κ1) is 28.5. The first-order chi connectivity index (χ1) is 19.0. The van der Waals surface area contributed by atoms with Crippen LogP contribution >= 0.6 is 0 Å². The number of aryl methyl sites for hydroxylation is 2. The van der Waals surface area contributed by atoms with Gasteiger partial charge in [-0.2, -0.15) is 0 Å². The summed E-state index contributed by atoms with van der Waals surface area (Å²) < 4.78 is 52.1. The fourth-order valence-corrected chi connectivity index (χ4v) is 4.23. The molecule has 1 aliphatic rings. The number of carbonyl (C=O) groups excluding carboxylic acids is 3. The van der Waals surface area contributed by atoms with Crippen LogP contribution in [0.5, 0.6) is 0 Å². The molecule has 1 aromatic carbocycles. The molecule has 14 heteroatoms. The zero-order chi connectivity index (χ0) is 29.0. The second-order valence-corrected chi connectivity index (χ2v) is 9.34. The first-order valence-electron chi connectivity index (χ1n) is 12.1. The highest BCUT2D eigenvalue weighted by atomic mass is 19.3. The Kier molecular flexibility index (Phi) is 8.38. The molecule has 0 unspecified atom stereocenters. The lowest BCUT2D eigenvalue weighted by Crippen LogP contribution is -2.58. The molecule has 0 bridgehead atoms. The molecule has 2 atom stereocenters. The van der Waals surface area contributed by atoms with Gasteiger partial charge in [-0.3, -0.25) is 9.59 Å². The molecule has 1 fully saturated rings. The Morgan fingerprint density at radius 1 is 1.20 bits per heavy atom. The number of alkyl halides is 2. The summed E-state index contributed by atoms with van der Waals surface area (Å²) in [5.41, 5.74) is 1.32. The SMILES string of the molecule is COC[C@H](c1ccnc(NC(=O)[C@@H](NC(=O)c2nocc2C)c2ccc(F)c(C)c2)c1)N1CC(F)(F)CNC1=O. The number of benzene rings is 1. The van der Waals surface area contributed by atoms with Crippen molar-refractivity contribution in [2.45, 2.75) is 31.9 Å². The number of hydrogen-bond donors (Lipinski definition) is 3. The molecule has 3 heterocycles. The smallest absolute Gasteiger partial charge is 0.318 e. The van der Waals surface area contributed by atoms with Gasteiger partial charge in [0.05, 0.1) is 25.7 Å². The van der Waals surface area contributed by atoms with Gasteiger partial charge >= 0.3 is 6.03 Å². The zero-order valence-corrected chi connectivity index (χ0v) is 21.8. The number of carbonyl (C=O) groups is 3. The Balaban J connectivity index is 1.61. The topological polar surface area (TPSA) is 139 Å². The summed E-state index contributed by atoms with van der Waals surface area (Å²) in [7, 11) is 1.37. The van der Waals surface area contributed by atoms with Crippen LogP contribution < -0.4 is 16.0 Å². The molecule has 3 N–H and O–H groups in total. The number of nitrogens with one attached hydrogen (secondary N) is 3. The Morgan fingerprint density at radius 2 is 1.98 bits per heavy atom. The lowest BCUT2D eigenvalue weighted by molar-refractivity contribution is -0.118. The summed E-state index contributed by atoms with van der Waals surface area (Å²) in [6, 6.07) is 3.97. The zero-order valence-electron chi connectivity index (χ0n) is 21.8. The van der Waals surface area contributed by atoms with Crippen LogP contribution in [0, 0.1) is 19.7 Å². The van der Waals surface area contributed by atoms with Crippen LogP contribution in [-0.4, -0.2) is 65.6 Å². The maximum Gasteiger partial charge on any atom is 0.318 e. The van der Waals surface area contributed by atoms with Crippen molar-refractivity contribution in [2.75, 3.05) is 32.1 Å². The monoisotopic (exact) mass is 560 g/mol. The second-order valence-electron chi connectivity index (χ2n) is 9.34. The van der Waals surface area contributed by atoms with Crippen molar-refractivity contribution in [1.29, 1.82) is 0 Å². The van der Waals surface area contributed by atoms with Crippen molar-refractivity contribution in [1.82, 2.24) is 25.7 Å². The molecule has 0 aliphatic carbocycles. The number of amides is 4. The summed E-state index contributed by atoms with van der Waals surface area (Å²) in [5, 5.41) is 11.0. The summed E-state index contributed by atoms with van der Waals surface area (Å²) in [6.45, 7) is 1.41. The highest BCUT2D eigenvalue weighted by Crippen LogP contribution is 2.29. The molecule has 0 radical (unpaired) electrons. The number of nitrogens with zero attached hydrogens (tertiary/aromatic N) is 3. The van der Waals surface area contributed by atoms with Gasteiger partial charge in [-0.25, -0.2) is 22.9 Å². The largest absolute Gasteiger partial charge is 0.382 e. The molecule has 212 valence electrons. The van der Waals surface area contributed by atoms with Crippen molar-refractivity contribution in [2.24, 2.45) is 0 Å². The van der Waals surface area contributed by atoms with Crippen LogP contribution in [0.4, 0.5) is 23.8 Å². The van der Waals surface area contributed by atoms with Crippen molar-refractivity contribution in [3.8, 4) is 0 Å². The van der Waals surface area contributed by atoms with Crippen LogP contribution in [0.15, 0.2) is 47.3 Å². The minimum atomic E-state index is -3.15. The van der Waals surface area contributed by atoms with Crippen molar-refractivity contribution >= 4 is 23.7 Å². The van der Waals surface area contributed by atoms with E-state index in [0.717, 1.165) is 4.90 Å². The Labute approximate surface area is 227 Å². The maximum atomic E-state index is 14.1. The lowest BCUT2D eigenvalue weighted by atomic mass is 10.0. The van der Waals surface area contributed by atoms with Crippen LogP contribution in [0.2, 0.25) is 0 Å². The van der Waals surface area contributed by atoms with Gasteiger partial charge in [0.15, 0.2) is 5.69 Å². The van der Waals surface area contributed by atoms with Gasteiger partial charge in [0.1, 0.15) is 23.9 Å². The third-order valence-corrected chi connectivity index (χ3v) is 6.30. The molecule has 1 aliphatic heterocycles. The molecular formula is C26H27F3N6O5. The molecule has 0 saturated carbocycles. The van der Waals surface area contributed by atoms with E-state index in [1.807, 2.05) is 0 Å². The second kappa shape index (κ2) is 11.7. The number of aromatic nitrogens is 2. The van der Waals surface area contributed by atoms with Crippen molar-refractivity contribution in [3.05, 3.63) is 76.6 Å². The highest BCUT2D eigenvalue weighted by molar-refractivity contribution is 6.01. The van der Waals surface area contributed by atoms with Crippen LogP contribution in [-0.2, 0) is 9.53 Å². The van der Waals surface area contributed by atoms with Crippen molar-refractivity contribution in [3.63, 3.8) is 0 Å². The summed E-state index contributed by atoms with van der Waals surface area (Å²) in [6.07, 6.45) is 2.61. The Bertz CT molecular complexity index is 1410. The predicted molar refractivity (Wildman–Crippen MR) is 135 cm³/mol. The van der Waals surface area contributed by atoms with Gasteiger partial charge in [-0.1, -0.05) is 17.3 Å². The van der Waals surface area contributed by atoms with Gasteiger partial charge in [0, 0.05) is 18.9 Å². The van der Waals surface area contributed by atoms with Gasteiger partial charge in [0.25, 0.3) is 17.7 Å². The average Bonchev–Trinajstić information content (AvgIpc) is 3.35. The van der Waals surface area contributed by atoms with Crippen LogP contribution in [0.1, 0.15) is 44.8 Å². The number of methoxy groups -OCH3 is 1. The number of anilines is 1. The van der Waals surface area contributed by atoms with E-state index in [-0.39, 0.29) is 29.2 Å². The van der Waals surface area contributed by atoms with E-state index >= 15 is 0 Å². The molecule has 1 saturated heterocycles. The standard InChI is InChI=1S/C26H27F3N6O5/c1-14-8-17(4-5-18(14)27)22(33-23(36)21-15(2)10-40-34-21)24(37)32-20-9-16(6-7-30-20)19(11-39-3)35-13-26(28,29)12-31-25(35)38/h4-10,19,22H,11-13H2,1-3H3,(H,31,38)(H,33,36)(H,30,32,37)/t19-,22+/m1/s1. The number of rotatable bonds is 9. The van der Waals surface area contributed by atoms with Crippen LogP contribution in [0.3, 0.4) is 0 Å². The lowest BCUT2D eigenvalue weighted by Gasteiger charge is -2.38. The number of pyridine rings is 1. The van der Waals surface area contributed by atoms with Gasteiger partial charge in [-0.15, -0.1) is 0 Å². The maximum absolute atomic E-state index is 14.1. The van der Waals surface area contributed by atoms with E-state index in [1.165, 1.54) is 56.8 Å². The molecule has 4 amide bonds. The number of ether oxygens (including phenoxy) is 1. The first-order valence-corrected chi connectivity index (χ1v) is 12.1. The molecule has 2 aromatic heterocycles. The summed E-state index contributed by atoms with van der Waals surface area (Å²) >= 11 is 0. The Morgan fingerprint density at radius 3 is 2.65 bits per heavy atom. The molecule has 3 aromatic rings. The molecule has 11 nitrogen and oxygen atoms in total. The van der Waals surface area contributed by atoms with Gasteiger partial charge in [0.2, 0.25) is 0 Å². The third-order valence-electron chi connectivity index (χ3n) is 6.30. The fourth-order valence-electron chi connectivity index (χ4n) is 4.23. The predicted octanol–water partition coefficient (Wildman–Crippen LogP) is 3.28. The molecule has 4 rings (SSSR count). The normalized spacial score (nSPS) is 16.1. The summed E-state index contributed by atoms with van der Waals surface area (Å²) in [5.74, 6) is -5.05. The van der Waals surface area contributed by atoms with Gasteiger partial charge < -0.3 is 30.1 Å². The highest BCUT2D eigenvalue weighted by Gasteiger charge is 2.42. The fraction of sp³-hybridized carbons (Fsp3) is 0.346. The molecule has 0 spiro atoms. The third kappa shape index (κ3) is 6.39. The van der Waals surface area contributed by atoms with E-state index in [9.17, 15) is 27.6 Å².